The van der Waals surface area contributed by atoms with Gasteiger partial charge in [0.25, 0.3) is 0 Å². The van der Waals surface area contributed by atoms with Crippen LogP contribution in [0.1, 0.15) is 6.42 Å². The average Bonchev–Trinajstić information content (AvgIpc) is 2.33. The lowest BCUT2D eigenvalue weighted by Gasteiger charge is -2.10. The van der Waals surface area contributed by atoms with Gasteiger partial charge in [-0.3, -0.25) is 4.79 Å². The molecule has 1 heterocycles. The molecule has 10 heavy (non-hydrogen) atoms. The first kappa shape index (κ1) is 5.47. The first-order valence-electron chi connectivity index (χ1n) is 3.16. The third-order valence-corrected chi connectivity index (χ3v) is 1.52. The van der Waals surface area contributed by atoms with E-state index in [-0.39, 0.29) is 5.97 Å². The van der Waals surface area contributed by atoms with Crippen LogP contribution in [0.4, 0.5) is 0 Å². The van der Waals surface area contributed by atoms with E-state index >= 15 is 0 Å². The molecule has 0 radical (unpaired) electrons. The highest BCUT2D eigenvalue weighted by molar-refractivity contribution is 5.76. The molecule has 0 saturated carbocycles. The monoisotopic (exact) mass is 134 g/mol. The van der Waals surface area contributed by atoms with Gasteiger partial charge in [0, 0.05) is 5.57 Å². The van der Waals surface area contributed by atoms with E-state index in [1.807, 2.05) is 18.2 Å². The Bertz CT molecular complexity index is 269. The van der Waals surface area contributed by atoms with Crippen LogP contribution in [0.15, 0.2) is 35.6 Å². The summed E-state index contributed by atoms with van der Waals surface area (Å²) < 4.78 is 4.90. The summed E-state index contributed by atoms with van der Waals surface area (Å²) in [5.41, 5.74) is 1.03. The fourth-order valence-corrected chi connectivity index (χ4v) is 1.04. The molecule has 2 aliphatic rings. The van der Waals surface area contributed by atoms with Gasteiger partial charge in [-0.1, -0.05) is 18.2 Å². The third kappa shape index (κ3) is 0.692. The van der Waals surface area contributed by atoms with Gasteiger partial charge in [-0.2, -0.15) is 0 Å². The van der Waals surface area contributed by atoms with E-state index in [9.17, 15) is 4.79 Å². The highest BCUT2D eigenvalue weighted by Gasteiger charge is 2.16. The fraction of sp³-hybridized carbons (Fsp3) is 0.125. The van der Waals surface area contributed by atoms with Gasteiger partial charge in [-0.15, -0.1) is 0 Å². The summed E-state index contributed by atoms with van der Waals surface area (Å²) in [6.07, 6.45) is 7.88. The van der Waals surface area contributed by atoms with Crippen molar-refractivity contribution in [2.75, 3.05) is 0 Å². The van der Waals surface area contributed by atoms with Crippen molar-refractivity contribution < 1.29 is 9.53 Å². The molecule has 1 aliphatic carbocycles. The first-order valence-corrected chi connectivity index (χ1v) is 3.16. The van der Waals surface area contributed by atoms with E-state index in [1.54, 1.807) is 6.08 Å². The minimum absolute atomic E-state index is 0.168. The molecule has 0 amide bonds. The number of hydrogen-bond donors (Lipinski definition) is 0. The molecule has 50 valence electrons. The van der Waals surface area contributed by atoms with Crippen molar-refractivity contribution in [3.8, 4) is 0 Å². The zero-order chi connectivity index (χ0) is 6.97. The minimum atomic E-state index is -0.168. The van der Waals surface area contributed by atoms with Gasteiger partial charge < -0.3 is 4.74 Å². The highest BCUT2D eigenvalue weighted by atomic mass is 16.5. The predicted octanol–water partition coefficient (Wildman–Crippen LogP) is 1.31. The first-order chi connectivity index (χ1) is 4.86. The number of fused-ring (bicyclic) bond motifs is 1. The quantitative estimate of drug-likeness (QED) is 0.467. The van der Waals surface area contributed by atoms with Crippen LogP contribution in [0, 0.1) is 0 Å². The van der Waals surface area contributed by atoms with E-state index in [2.05, 4.69) is 0 Å². The molecule has 2 rings (SSSR count). The molecule has 0 N–H and O–H groups in total. The van der Waals surface area contributed by atoms with Gasteiger partial charge in [0.1, 0.15) is 5.76 Å². The number of carbonyl (C=O) groups is 1. The SMILES string of the molecule is O=C1CC=C2C=CC=C2O1. The lowest BCUT2D eigenvalue weighted by atomic mass is 10.2. The van der Waals surface area contributed by atoms with Crippen molar-refractivity contribution in [2.24, 2.45) is 0 Å². The zero-order valence-corrected chi connectivity index (χ0v) is 5.33. The maximum absolute atomic E-state index is 10.7. The largest absolute Gasteiger partial charge is 0.426 e. The highest BCUT2D eigenvalue weighted by Crippen LogP contribution is 2.24. The van der Waals surface area contributed by atoms with Gasteiger partial charge in [0.2, 0.25) is 0 Å². The second kappa shape index (κ2) is 1.84. The molecule has 0 bridgehead atoms. The number of rotatable bonds is 0. The molecule has 0 unspecified atom stereocenters. The van der Waals surface area contributed by atoms with Gasteiger partial charge in [-0.05, 0) is 6.08 Å². The molecule has 0 spiro atoms. The summed E-state index contributed by atoms with van der Waals surface area (Å²) in [5.74, 6) is 0.523. The van der Waals surface area contributed by atoms with Crippen molar-refractivity contribution in [1.82, 2.24) is 0 Å². The van der Waals surface area contributed by atoms with E-state index in [4.69, 9.17) is 4.74 Å². The van der Waals surface area contributed by atoms with Crippen LogP contribution in [0.3, 0.4) is 0 Å². The Balaban J connectivity index is 2.39. The zero-order valence-electron chi connectivity index (χ0n) is 5.33. The lowest BCUT2D eigenvalue weighted by molar-refractivity contribution is -0.138. The molecular weight excluding hydrogens is 128 g/mol. The molecule has 2 nitrogen and oxygen atoms in total. The average molecular weight is 134 g/mol. The van der Waals surface area contributed by atoms with Gasteiger partial charge >= 0.3 is 5.97 Å². The second-order valence-corrected chi connectivity index (χ2v) is 2.23. The number of allylic oxidation sites excluding steroid dienone is 3. The van der Waals surface area contributed by atoms with Crippen molar-refractivity contribution in [2.45, 2.75) is 6.42 Å². The predicted molar refractivity (Wildman–Crippen MR) is 36.0 cm³/mol. The van der Waals surface area contributed by atoms with E-state index in [1.165, 1.54) is 0 Å². The van der Waals surface area contributed by atoms with E-state index in [0.717, 1.165) is 5.57 Å². The maximum atomic E-state index is 10.7. The normalized spacial score (nSPS) is 21.4. The Morgan fingerprint density at radius 3 is 3.30 bits per heavy atom. The Morgan fingerprint density at radius 1 is 1.50 bits per heavy atom. The summed E-state index contributed by atoms with van der Waals surface area (Å²) >= 11 is 0. The number of esters is 1. The minimum Gasteiger partial charge on any atom is -0.426 e. The second-order valence-electron chi connectivity index (χ2n) is 2.23. The van der Waals surface area contributed by atoms with E-state index in [0.29, 0.717) is 12.2 Å². The fourth-order valence-electron chi connectivity index (χ4n) is 1.04. The number of carbonyl (C=O) groups excluding carboxylic acids is 1. The standard InChI is InChI=1S/C8H6O2/c9-8-5-4-6-2-1-3-7(6)10-8/h1-4H,5H2. The van der Waals surface area contributed by atoms with Gasteiger partial charge in [-0.25, -0.2) is 0 Å². The summed E-state index contributed by atoms with van der Waals surface area (Å²) in [7, 11) is 0. The topological polar surface area (TPSA) is 26.3 Å². The van der Waals surface area contributed by atoms with Crippen molar-refractivity contribution in [3.05, 3.63) is 35.6 Å². The maximum Gasteiger partial charge on any atom is 0.315 e. The summed E-state index contributed by atoms with van der Waals surface area (Å²) in [5, 5.41) is 0. The Hall–Kier alpha value is -1.31. The lowest BCUT2D eigenvalue weighted by Crippen LogP contribution is -2.07. The van der Waals surface area contributed by atoms with Gasteiger partial charge in [0.05, 0.1) is 6.42 Å². The Labute approximate surface area is 58.5 Å². The smallest absolute Gasteiger partial charge is 0.315 e. The van der Waals surface area contributed by atoms with Crippen LogP contribution in [0.2, 0.25) is 0 Å². The van der Waals surface area contributed by atoms with Crippen molar-refractivity contribution >= 4 is 5.97 Å². The van der Waals surface area contributed by atoms with Crippen LogP contribution in [0.25, 0.3) is 0 Å². The van der Waals surface area contributed by atoms with Crippen molar-refractivity contribution in [1.29, 1.82) is 0 Å². The van der Waals surface area contributed by atoms with Gasteiger partial charge in [0.15, 0.2) is 0 Å². The van der Waals surface area contributed by atoms with Crippen LogP contribution < -0.4 is 0 Å². The third-order valence-electron chi connectivity index (χ3n) is 1.52. The molecule has 0 aromatic heterocycles. The molecule has 0 fully saturated rings. The molecule has 0 aromatic rings. The molecule has 1 aliphatic heterocycles. The molecule has 0 atom stereocenters. The summed E-state index contributed by atoms with van der Waals surface area (Å²) in [6.45, 7) is 0. The van der Waals surface area contributed by atoms with Crippen LogP contribution in [-0.2, 0) is 9.53 Å². The Kier molecular flexibility index (Phi) is 1.01. The number of ether oxygens (including phenoxy) is 1. The van der Waals surface area contributed by atoms with Crippen LogP contribution in [0.5, 0.6) is 0 Å². The molecule has 0 saturated heterocycles. The Morgan fingerprint density at radius 2 is 2.40 bits per heavy atom. The van der Waals surface area contributed by atoms with Crippen LogP contribution in [-0.4, -0.2) is 5.97 Å². The molecule has 0 aromatic carbocycles. The van der Waals surface area contributed by atoms with E-state index < -0.39 is 0 Å². The summed E-state index contributed by atoms with van der Waals surface area (Å²) in [6, 6.07) is 0. The van der Waals surface area contributed by atoms with Crippen LogP contribution >= 0.6 is 0 Å². The number of hydrogen-bond acceptors (Lipinski definition) is 2. The molecular formula is C8H6O2. The van der Waals surface area contributed by atoms with Crippen molar-refractivity contribution in [3.63, 3.8) is 0 Å². The molecule has 2 heteroatoms. The summed E-state index contributed by atoms with van der Waals surface area (Å²) in [4.78, 5) is 10.7.